The van der Waals surface area contributed by atoms with Crippen LogP contribution in [-0.4, -0.2) is 48.2 Å². The maximum Gasteiger partial charge on any atom is 0.193 e. The molecule has 3 aromatic rings. The first-order chi connectivity index (χ1) is 13.2. The Morgan fingerprint density at radius 3 is 2.71 bits per heavy atom. The summed E-state index contributed by atoms with van der Waals surface area (Å²) in [5.41, 5.74) is 3.35. The quantitative estimate of drug-likeness (QED) is 0.236. The van der Waals surface area contributed by atoms with Gasteiger partial charge in [-0.25, -0.2) is 4.98 Å². The lowest BCUT2D eigenvalue weighted by Crippen LogP contribution is -2.39. The fourth-order valence-corrected chi connectivity index (χ4v) is 3.19. The molecule has 1 aromatic heterocycles. The summed E-state index contributed by atoms with van der Waals surface area (Å²) in [5.74, 6) is 1.77. The van der Waals surface area contributed by atoms with Crippen molar-refractivity contribution in [1.29, 1.82) is 0 Å². The van der Waals surface area contributed by atoms with Crippen LogP contribution in [0.2, 0.25) is 0 Å². The summed E-state index contributed by atoms with van der Waals surface area (Å²) in [7, 11) is 5.54. The molecule has 0 aliphatic heterocycles. The molecule has 6 nitrogen and oxygen atoms in total. The number of nitrogens with zero attached hydrogens (tertiary/aromatic N) is 4. The van der Waals surface area contributed by atoms with Crippen molar-refractivity contribution < 1.29 is 4.74 Å². The molecule has 0 aliphatic rings. The van der Waals surface area contributed by atoms with E-state index in [1.165, 1.54) is 5.52 Å². The van der Waals surface area contributed by atoms with Crippen LogP contribution in [0.3, 0.4) is 0 Å². The zero-order chi connectivity index (χ0) is 19.1. The van der Waals surface area contributed by atoms with Crippen molar-refractivity contribution in [2.24, 2.45) is 4.99 Å². The molecular weight excluding hydrogens is 465 g/mol. The molecule has 1 heterocycles. The lowest BCUT2D eigenvalue weighted by atomic mass is 10.2. The summed E-state index contributed by atoms with van der Waals surface area (Å²) >= 11 is 0. The van der Waals surface area contributed by atoms with Gasteiger partial charge in [0.15, 0.2) is 5.96 Å². The maximum atomic E-state index is 5.44. The minimum absolute atomic E-state index is 0. The molecule has 0 spiro atoms. The van der Waals surface area contributed by atoms with Gasteiger partial charge in [-0.3, -0.25) is 4.99 Å². The van der Waals surface area contributed by atoms with Crippen molar-refractivity contribution >= 4 is 41.0 Å². The number of rotatable bonds is 7. The predicted molar refractivity (Wildman–Crippen MR) is 126 cm³/mol. The number of ether oxygens (including phenoxy) is 1. The van der Waals surface area contributed by atoms with Gasteiger partial charge in [-0.05, 0) is 24.6 Å². The third-order valence-corrected chi connectivity index (χ3v) is 4.56. The zero-order valence-electron chi connectivity index (χ0n) is 16.6. The molecule has 0 bridgehead atoms. The van der Waals surface area contributed by atoms with Crippen LogP contribution in [0.15, 0.2) is 59.9 Å². The highest BCUT2D eigenvalue weighted by Gasteiger charge is 2.09. The number of methoxy groups -OCH3 is 1. The number of para-hydroxylation sites is 3. The number of benzene rings is 2. The summed E-state index contributed by atoms with van der Waals surface area (Å²) < 4.78 is 7.63. The van der Waals surface area contributed by atoms with Crippen molar-refractivity contribution in [2.45, 2.75) is 19.5 Å². The fourth-order valence-electron chi connectivity index (χ4n) is 3.19. The number of hydrogen-bond donors (Lipinski definition) is 1. The van der Waals surface area contributed by atoms with E-state index in [1.807, 2.05) is 56.8 Å². The third-order valence-electron chi connectivity index (χ3n) is 4.56. The van der Waals surface area contributed by atoms with Crippen molar-refractivity contribution in [3.05, 3.63) is 60.4 Å². The van der Waals surface area contributed by atoms with Crippen LogP contribution in [0.1, 0.15) is 12.0 Å². The molecule has 0 atom stereocenters. The number of halogens is 1. The number of imidazole rings is 1. The average molecular weight is 493 g/mol. The normalized spacial score (nSPS) is 11.2. The van der Waals surface area contributed by atoms with E-state index in [-0.39, 0.29) is 24.0 Å². The van der Waals surface area contributed by atoms with Crippen molar-refractivity contribution in [3.63, 3.8) is 0 Å². The minimum atomic E-state index is 0. The van der Waals surface area contributed by atoms with Crippen LogP contribution in [0.4, 0.5) is 0 Å². The van der Waals surface area contributed by atoms with Gasteiger partial charge in [0.1, 0.15) is 5.75 Å². The molecule has 0 unspecified atom stereocenters. The SMILES string of the molecule is CN=C(NCCCn1cnc2ccccc21)N(C)Cc1ccccc1OC.I. The average Bonchev–Trinajstić information content (AvgIpc) is 3.11. The lowest BCUT2D eigenvalue weighted by Gasteiger charge is -2.23. The number of fused-ring (bicyclic) bond motifs is 1. The molecule has 0 fully saturated rings. The van der Waals surface area contributed by atoms with Crippen LogP contribution in [0.25, 0.3) is 11.0 Å². The highest BCUT2D eigenvalue weighted by molar-refractivity contribution is 14.0. The Morgan fingerprint density at radius 1 is 1.18 bits per heavy atom. The van der Waals surface area contributed by atoms with Crippen LogP contribution < -0.4 is 10.1 Å². The van der Waals surface area contributed by atoms with E-state index in [0.29, 0.717) is 0 Å². The zero-order valence-corrected chi connectivity index (χ0v) is 19.0. The molecule has 3 rings (SSSR count). The highest BCUT2D eigenvalue weighted by atomic mass is 127. The Bertz CT molecular complexity index is 908. The van der Waals surface area contributed by atoms with Gasteiger partial charge in [0.05, 0.1) is 24.5 Å². The molecule has 28 heavy (non-hydrogen) atoms. The molecule has 2 aromatic carbocycles. The molecule has 0 saturated carbocycles. The third kappa shape index (κ3) is 5.37. The number of aliphatic imine (C=N–C) groups is 1. The second-order valence-corrected chi connectivity index (χ2v) is 6.42. The van der Waals surface area contributed by atoms with Gasteiger partial charge in [-0.1, -0.05) is 30.3 Å². The first-order valence-corrected chi connectivity index (χ1v) is 9.16. The first-order valence-electron chi connectivity index (χ1n) is 9.16. The molecule has 0 radical (unpaired) electrons. The molecule has 0 aliphatic carbocycles. The largest absolute Gasteiger partial charge is 0.496 e. The van der Waals surface area contributed by atoms with Gasteiger partial charge >= 0.3 is 0 Å². The van der Waals surface area contributed by atoms with Crippen LogP contribution in [-0.2, 0) is 13.1 Å². The molecule has 0 amide bonds. The van der Waals surface area contributed by atoms with Gasteiger partial charge in [0.25, 0.3) is 0 Å². The number of guanidine groups is 1. The number of aromatic nitrogens is 2. The smallest absolute Gasteiger partial charge is 0.193 e. The van der Waals surface area contributed by atoms with E-state index < -0.39 is 0 Å². The van der Waals surface area contributed by atoms with Gasteiger partial charge in [-0.2, -0.15) is 0 Å². The topological polar surface area (TPSA) is 54.7 Å². The number of nitrogens with one attached hydrogen (secondary N) is 1. The maximum absolute atomic E-state index is 5.44. The van der Waals surface area contributed by atoms with E-state index in [9.17, 15) is 0 Å². The first kappa shape index (κ1) is 22.0. The summed E-state index contributed by atoms with van der Waals surface area (Å²) in [6.45, 7) is 2.49. The lowest BCUT2D eigenvalue weighted by molar-refractivity contribution is 0.396. The summed E-state index contributed by atoms with van der Waals surface area (Å²) in [6.07, 6.45) is 2.90. The van der Waals surface area contributed by atoms with Crippen LogP contribution in [0, 0.1) is 0 Å². The van der Waals surface area contributed by atoms with Gasteiger partial charge in [0.2, 0.25) is 0 Å². The summed E-state index contributed by atoms with van der Waals surface area (Å²) in [6, 6.07) is 16.3. The molecular formula is C21H28IN5O. The Hall–Kier alpha value is -2.29. The summed E-state index contributed by atoms with van der Waals surface area (Å²) in [5, 5.41) is 3.44. The van der Waals surface area contributed by atoms with E-state index in [0.717, 1.165) is 48.8 Å². The van der Waals surface area contributed by atoms with Crippen LogP contribution >= 0.6 is 24.0 Å². The Balaban J connectivity index is 0.00000280. The fraction of sp³-hybridized carbons (Fsp3) is 0.333. The Labute approximate surface area is 183 Å². The van der Waals surface area contributed by atoms with Gasteiger partial charge < -0.3 is 19.5 Å². The second kappa shape index (κ2) is 10.9. The summed E-state index contributed by atoms with van der Waals surface area (Å²) in [4.78, 5) is 10.9. The van der Waals surface area contributed by atoms with Gasteiger partial charge in [0, 0.05) is 39.3 Å². The van der Waals surface area contributed by atoms with E-state index in [2.05, 4.69) is 36.9 Å². The standard InChI is InChI=1S/C21H27N5O.HI/c1-22-21(25(2)15-17-9-4-7-12-20(17)27-3)23-13-8-14-26-16-24-18-10-5-6-11-19(18)26;/h4-7,9-12,16H,8,13-15H2,1-3H3,(H,22,23);1H. The van der Waals surface area contributed by atoms with Crippen LogP contribution in [0.5, 0.6) is 5.75 Å². The molecule has 0 saturated heterocycles. The van der Waals surface area contributed by atoms with Crippen molar-refractivity contribution in [1.82, 2.24) is 19.8 Å². The Kier molecular flexibility index (Phi) is 8.56. The second-order valence-electron chi connectivity index (χ2n) is 6.42. The number of aryl methyl sites for hydroxylation is 1. The minimum Gasteiger partial charge on any atom is -0.496 e. The molecule has 1 N–H and O–H groups in total. The number of hydrogen-bond acceptors (Lipinski definition) is 3. The Morgan fingerprint density at radius 2 is 1.93 bits per heavy atom. The monoisotopic (exact) mass is 493 g/mol. The molecule has 150 valence electrons. The van der Waals surface area contributed by atoms with Gasteiger partial charge in [-0.15, -0.1) is 24.0 Å². The van der Waals surface area contributed by atoms with E-state index in [1.54, 1.807) is 7.11 Å². The van der Waals surface area contributed by atoms with E-state index in [4.69, 9.17) is 4.74 Å². The van der Waals surface area contributed by atoms with Crippen molar-refractivity contribution in [3.8, 4) is 5.75 Å². The van der Waals surface area contributed by atoms with E-state index >= 15 is 0 Å². The molecule has 7 heteroatoms. The predicted octanol–water partition coefficient (Wildman–Crippen LogP) is 3.76. The highest BCUT2D eigenvalue weighted by Crippen LogP contribution is 2.18. The van der Waals surface area contributed by atoms with Crippen molar-refractivity contribution in [2.75, 3.05) is 27.7 Å².